The lowest BCUT2D eigenvalue weighted by Gasteiger charge is -2.31. The molecule has 0 saturated carbocycles. The Bertz CT molecular complexity index is 7270. The number of rotatable bonds is 19. The van der Waals surface area contributed by atoms with Crippen LogP contribution in [0.1, 0.15) is 0 Å². The smallest absolute Gasteiger partial charge is 0.123 e. The second-order valence-corrected chi connectivity index (χ2v) is 30.4. The van der Waals surface area contributed by atoms with Crippen LogP contribution in [0.5, 0.6) is 0 Å². The molecule has 0 saturated heterocycles. The number of aromatic nitrogens is 2. The van der Waals surface area contributed by atoms with Gasteiger partial charge in [0.25, 0.3) is 0 Å². The molecule has 19 aromatic carbocycles. The minimum absolute atomic E-state index is 0.252. The van der Waals surface area contributed by atoms with E-state index in [1.165, 1.54) is 58.3 Å². The molecule has 586 valence electrons. The number of para-hydroxylation sites is 6. The largest absolute Gasteiger partial charge is 0.310 e. The lowest BCUT2D eigenvalue weighted by Crippen LogP contribution is -2.14. The fourth-order valence-corrected chi connectivity index (χ4v) is 17.2. The highest BCUT2D eigenvalue weighted by molar-refractivity contribution is 6.17. The molecule has 0 spiro atoms. The van der Waals surface area contributed by atoms with Gasteiger partial charge in [0.15, 0.2) is 0 Å². The summed E-state index contributed by atoms with van der Waals surface area (Å²) >= 11 is 0. The first-order valence-electron chi connectivity index (χ1n) is 41.3. The molecule has 0 unspecified atom stereocenters. The van der Waals surface area contributed by atoms with Crippen molar-refractivity contribution in [3.63, 3.8) is 0 Å². The molecule has 123 heavy (non-hydrogen) atoms. The molecule has 21 rings (SSSR count). The zero-order valence-electron chi connectivity index (χ0n) is 66.9. The summed E-state index contributed by atoms with van der Waals surface area (Å²) in [5.41, 5.74) is 29.2. The number of fused-ring (bicyclic) bond motifs is 6. The van der Waals surface area contributed by atoms with Crippen molar-refractivity contribution in [3.8, 4) is 67.0 Å². The number of hydrogen-bond acceptors (Lipinski definition) is 4. The molecular formula is C114H79F3N6. The Balaban J connectivity index is 0.000000157. The Morgan fingerprint density at radius 1 is 0.163 bits per heavy atom. The number of anilines is 12. The summed E-state index contributed by atoms with van der Waals surface area (Å²) in [5, 5.41) is 4.72. The van der Waals surface area contributed by atoms with Gasteiger partial charge in [-0.1, -0.05) is 255 Å². The Morgan fingerprint density at radius 3 is 0.992 bits per heavy atom. The van der Waals surface area contributed by atoms with Gasteiger partial charge in [0, 0.05) is 101 Å². The van der Waals surface area contributed by atoms with Crippen LogP contribution >= 0.6 is 0 Å². The molecule has 0 amide bonds. The van der Waals surface area contributed by atoms with Crippen LogP contribution in [0.25, 0.3) is 111 Å². The molecule has 0 aliphatic heterocycles. The first-order valence-corrected chi connectivity index (χ1v) is 41.3. The van der Waals surface area contributed by atoms with Gasteiger partial charge in [-0.15, -0.1) is 0 Å². The zero-order valence-corrected chi connectivity index (χ0v) is 66.9. The highest BCUT2D eigenvalue weighted by Gasteiger charge is 2.25. The summed E-state index contributed by atoms with van der Waals surface area (Å²) < 4.78 is 47.1. The first kappa shape index (κ1) is 75.5. The summed E-state index contributed by atoms with van der Waals surface area (Å²) in [6.07, 6.45) is 0. The fraction of sp³-hybridized carbons (Fsp3) is 0. The van der Waals surface area contributed by atoms with Crippen LogP contribution in [0.3, 0.4) is 0 Å². The van der Waals surface area contributed by atoms with Crippen molar-refractivity contribution in [2.24, 2.45) is 0 Å². The molecule has 21 aromatic rings. The molecule has 9 heteroatoms. The average molecular weight is 1590 g/mol. The Labute approximate surface area is 712 Å². The molecule has 0 bridgehead atoms. The van der Waals surface area contributed by atoms with Gasteiger partial charge in [0.1, 0.15) is 17.5 Å². The van der Waals surface area contributed by atoms with E-state index in [2.05, 4.69) is 400 Å². The average Bonchev–Trinajstić information content (AvgIpc) is 1.59. The number of hydrogen-bond donors (Lipinski definition) is 0. The number of halogens is 3. The zero-order chi connectivity index (χ0) is 82.5. The second-order valence-electron chi connectivity index (χ2n) is 30.4. The molecule has 2 heterocycles. The van der Waals surface area contributed by atoms with E-state index in [0.29, 0.717) is 0 Å². The molecular weight excluding hydrogens is 1510 g/mol. The number of benzene rings is 19. The van der Waals surface area contributed by atoms with E-state index < -0.39 is 0 Å². The van der Waals surface area contributed by atoms with Crippen LogP contribution in [-0.4, -0.2) is 9.13 Å². The summed E-state index contributed by atoms with van der Waals surface area (Å²) in [7, 11) is 0. The SMILES string of the molecule is Fc1ccc(-n2c3ccccc3c3ccc(-c4cccc(N(c5ccccc5)c5cccc(N(c6ccccc6)c6ccc(-c7ccccc7)cc6-c6ccccc6)c5)c4)cc32)cc1.Fc1ccc(N(c2ccc(F)cc2)c2cccc(N(c3ccccc3)c3cccc(-c4cc(-c5ccccc5)c5c6ccccc6n(-c6ccccc6)c5c4)c3)c2)cc1. The van der Waals surface area contributed by atoms with Crippen molar-refractivity contribution >= 4 is 112 Å². The van der Waals surface area contributed by atoms with Gasteiger partial charge in [-0.3, -0.25) is 0 Å². The van der Waals surface area contributed by atoms with Gasteiger partial charge < -0.3 is 28.7 Å². The van der Waals surface area contributed by atoms with Crippen LogP contribution in [-0.2, 0) is 0 Å². The maximum absolute atomic E-state index is 14.2. The quantitative estimate of drug-likeness (QED) is 0.0805. The minimum Gasteiger partial charge on any atom is -0.310 e. The van der Waals surface area contributed by atoms with E-state index in [9.17, 15) is 13.2 Å². The van der Waals surface area contributed by atoms with Gasteiger partial charge in [0.05, 0.1) is 27.8 Å². The lowest BCUT2D eigenvalue weighted by atomic mass is 9.94. The normalized spacial score (nSPS) is 11.2. The maximum Gasteiger partial charge on any atom is 0.123 e. The van der Waals surface area contributed by atoms with Crippen LogP contribution in [0.2, 0.25) is 0 Å². The third-order valence-corrected chi connectivity index (χ3v) is 22.8. The van der Waals surface area contributed by atoms with Crippen LogP contribution in [0, 0.1) is 17.5 Å². The molecule has 0 fully saturated rings. The Kier molecular flexibility index (Phi) is 20.7. The highest BCUT2D eigenvalue weighted by Crippen LogP contribution is 2.49. The highest BCUT2D eigenvalue weighted by atomic mass is 19.1. The monoisotopic (exact) mass is 1590 g/mol. The number of nitrogens with zero attached hydrogens (tertiary/aromatic N) is 6. The summed E-state index contributed by atoms with van der Waals surface area (Å²) in [4.78, 5) is 8.96. The van der Waals surface area contributed by atoms with Crippen molar-refractivity contribution in [2.75, 3.05) is 19.6 Å². The van der Waals surface area contributed by atoms with Crippen molar-refractivity contribution < 1.29 is 13.2 Å². The van der Waals surface area contributed by atoms with E-state index in [-0.39, 0.29) is 17.5 Å². The third-order valence-electron chi connectivity index (χ3n) is 22.8. The van der Waals surface area contributed by atoms with Crippen molar-refractivity contribution in [2.45, 2.75) is 0 Å². The summed E-state index contributed by atoms with van der Waals surface area (Å²) in [5.74, 6) is -0.903. The van der Waals surface area contributed by atoms with Gasteiger partial charge in [-0.05, 0) is 275 Å². The Hall–Kier alpha value is -16.2. The second kappa shape index (κ2) is 33.6. The predicted molar refractivity (Wildman–Crippen MR) is 507 cm³/mol. The van der Waals surface area contributed by atoms with Crippen LogP contribution < -0.4 is 19.6 Å². The molecule has 2 aromatic heterocycles. The predicted octanol–water partition coefficient (Wildman–Crippen LogP) is 32.2. The van der Waals surface area contributed by atoms with E-state index in [1.807, 2.05) is 47.4 Å². The van der Waals surface area contributed by atoms with Crippen molar-refractivity contribution in [3.05, 3.63) is 497 Å². The van der Waals surface area contributed by atoms with Crippen LogP contribution in [0.15, 0.2) is 479 Å². The summed E-state index contributed by atoms with van der Waals surface area (Å²) in [6, 6.07) is 163. The molecule has 0 aliphatic rings. The molecule has 0 N–H and O–H groups in total. The minimum atomic E-state index is -0.326. The molecule has 6 nitrogen and oxygen atoms in total. The lowest BCUT2D eigenvalue weighted by molar-refractivity contribution is 0.627. The van der Waals surface area contributed by atoms with Crippen molar-refractivity contribution in [1.82, 2.24) is 9.13 Å². The van der Waals surface area contributed by atoms with E-state index in [1.54, 1.807) is 24.3 Å². The molecule has 0 atom stereocenters. The van der Waals surface area contributed by atoms with Gasteiger partial charge in [-0.25, -0.2) is 13.2 Å². The van der Waals surface area contributed by atoms with E-state index in [4.69, 9.17) is 0 Å². The van der Waals surface area contributed by atoms with E-state index >= 15 is 0 Å². The summed E-state index contributed by atoms with van der Waals surface area (Å²) in [6.45, 7) is 0. The third kappa shape index (κ3) is 15.2. The maximum atomic E-state index is 14.2. The van der Waals surface area contributed by atoms with Crippen molar-refractivity contribution in [1.29, 1.82) is 0 Å². The fourth-order valence-electron chi connectivity index (χ4n) is 17.2. The first-order chi connectivity index (χ1) is 60.7. The standard InChI is InChI=1S/C60H42FN3.C54H37F2N3/c61-48-33-35-51(36-34-48)64-58-30-14-13-29-55(58)56-37-31-47(41-60(56)64)45-21-15-26-52(39-45)62(49-22-9-3-10-23-49)53-27-16-28-54(42-53)63(50-24-11-4-12-25-50)59-38-32-46(43-17-5-1-6-18-43)40-57(59)44-19-7-2-8-20-44;55-41-26-30-45(31-27-41)57(46-32-28-42(56)29-33-46)48-22-13-23-49(37-48)58(43-17-6-2-7-18-43)47-21-12-16-39(34-47)40-35-51(38-14-4-1-5-15-38)54-50-24-10-11-25-52(50)59(53(54)36-40)44-19-8-3-9-20-44/h1-42H;1-37H. The van der Waals surface area contributed by atoms with E-state index in [0.717, 1.165) is 157 Å². The topological polar surface area (TPSA) is 22.8 Å². The van der Waals surface area contributed by atoms with Gasteiger partial charge >= 0.3 is 0 Å². The molecule has 0 radical (unpaired) electrons. The van der Waals surface area contributed by atoms with Crippen LogP contribution in [0.4, 0.5) is 81.4 Å². The van der Waals surface area contributed by atoms with Gasteiger partial charge in [0.2, 0.25) is 0 Å². The van der Waals surface area contributed by atoms with Gasteiger partial charge in [-0.2, -0.15) is 0 Å². The Morgan fingerprint density at radius 2 is 0.472 bits per heavy atom. The molecule has 0 aliphatic carbocycles.